The van der Waals surface area contributed by atoms with E-state index >= 15 is 0 Å². The van der Waals surface area contributed by atoms with Gasteiger partial charge in [-0.15, -0.1) is 11.3 Å². The van der Waals surface area contributed by atoms with Crippen molar-refractivity contribution in [2.24, 2.45) is 0 Å². The van der Waals surface area contributed by atoms with Crippen LogP contribution in [0.2, 0.25) is 0 Å². The minimum absolute atomic E-state index is 0.245. The Hall–Kier alpha value is -2.67. The maximum atomic E-state index is 12.5. The molecule has 124 valence electrons. The van der Waals surface area contributed by atoms with Crippen LogP contribution in [0.15, 0.2) is 34.3 Å². The number of thiazole rings is 1. The Morgan fingerprint density at radius 2 is 2.04 bits per heavy atom. The van der Waals surface area contributed by atoms with Crippen LogP contribution in [0, 0.1) is 13.8 Å². The smallest absolute Gasteiger partial charge is 0.259 e. The molecule has 6 nitrogen and oxygen atoms in total. The van der Waals surface area contributed by atoms with Crippen LogP contribution >= 0.6 is 11.3 Å². The summed E-state index contributed by atoms with van der Waals surface area (Å²) in [6.07, 6.45) is 1.44. The molecule has 0 aliphatic rings. The highest BCUT2D eigenvalue weighted by molar-refractivity contribution is 7.09. The number of nitrogens with zero attached hydrogens (tertiary/aromatic N) is 3. The average Bonchev–Trinajstić information content (AvgIpc) is 3.17. The lowest BCUT2D eigenvalue weighted by atomic mass is 10.2. The molecule has 1 N–H and O–H groups in total. The maximum absolute atomic E-state index is 12.5. The van der Waals surface area contributed by atoms with Crippen LogP contribution in [-0.2, 0) is 0 Å². The molecule has 0 bridgehead atoms. The summed E-state index contributed by atoms with van der Waals surface area (Å²) in [5.41, 5.74) is 2.73. The van der Waals surface area contributed by atoms with Gasteiger partial charge >= 0.3 is 0 Å². The zero-order valence-electron chi connectivity index (χ0n) is 14.0. The molecule has 0 aliphatic carbocycles. The highest BCUT2D eigenvalue weighted by atomic mass is 32.1. The van der Waals surface area contributed by atoms with Crippen molar-refractivity contribution >= 4 is 28.7 Å². The number of aromatic nitrogens is 2. The summed E-state index contributed by atoms with van der Waals surface area (Å²) in [7, 11) is 3.77. The van der Waals surface area contributed by atoms with Crippen molar-refractivity contribution in [2.45, 2.75) is 13.8 Å². The van der Waals surface area contributed by atoms with Gasteiger partial charge in [-0.3, -0.25) is 4.79 Å². The number of anilines is 2. The summed E-state index contributed by atoms with van der Waals surface area (Å²) < 4.78 is 5.48. The molecule has 0 atom stereocenters. The molecule has 1 amide bonds. The molecule has 7 heteroatoms. The van der Waals surface area contributed by atoms with Gasteiger partial charge in [-0.05, 0) is 32.0 Å². The van der Waals surface area contributed by atoms with E-state index in [1.54, 1.807) is 17.4 Å². The molecule has 3 aromatic rings. The largest absolute Gasteiger partial charge is 0.462 e. The summed E-state index contributed by atoms with van der Waals surface area (Å²) in [6.45, 7) is 3.84. The number of carbonyl (C=O) groups is 1. The van der Waals surface area contributed by atoms with Crippen molar-refractivity contribution in [3.63, 3.8) is 0 Å². The van der Waals surface area contributed by atoms with Gasteiger partial charge in [-0.25, -0.2) is 9.97 Å². The highest BCUT2D eigenvalue weighted by Gasteiger charge is 2.16. The first-order chi connectivity index (χ1) is 11.4. The SMILES string of the molecule is Cc1ccc(NC(=O)c2coc(-c3csc(C)n3)c2)c(N(C)C)n1. The zero-order valence-corrected chi connectivity index (χ0v) is 14.8. The topological polar surface area (TPSA) is 71.3 Å². The average molecular weight is 342 g/mol. The van der Waals surface area contributed by atoms with E-state index in [9.17, 15) is 4.79 Å². The number of pyridine rings is 1. The van der Waals surface area contributed by atoms with Gasteiger partial charge in [0.25, 0.3) is 5.91 Å². The molecule has 0 saturated carbocycles. The normalized spacial score (nSPS) is 10.7. The van der Waals surface area contributed by atoms with E-state index in [0.717, 1.165) is 16.4 Å². The zero-order chi connectivity index (χ0) is 17.3. The number of rotatable bonds is 4. The van der Waals surface area contributed by atoms with Gasteiger partial charge in [0.2, 0.25) is 0 Å². The second kappa shape index (κ2) is 6.45. The lowest BCUT2D eigenvalue weighted by Gasteiger charge is -2.17. The van der Waals surface area contributed by atoms with E-state index in [0.29, 0.717) is 22.8 Å². The van der Waals surface area contributed by atoms with Crippen LogP contribution in [-0.4, -0.2) is 30.0 Å². The highest BCUT2D eigenvalue weighted by Crippen LogP contribution is 2.26. The van der Waals surface area contributed by atoms with Gasteiger partial charge in [0, 0.05) is 25.2 Å². The number of carbonyl (C=O) groups excluding carboxylic acids is 1. The predicted octanol–water partition coefficient (Wildman–Crippen LogP) is 3.73. The van der Waals surface area contributed by atoms with Crippen LogP contribution in [0.1, 0.15) is 21.1 Å². The third-order valence-electron chi connectivity index (χ3n) is 3.42. The van der Waals surface area contributed by atoms with Crippen molar-refractivity contribution in [1.29, 1.82) is 0 Å². The fraction of sp³-hybridized carbons (Fsp3) is 0.235. The van der Waals surface area contributed by atoms with Crippen LogP contribution in [0.25, 0.3) is 11.5 Å². The van der Waals surface area contributed by atoms with Crippen LogP contribution < -0.4 is 10.2 Å². The molecule has 0 spiro atoms. The lowest BCUT2D eigenvalue weighted by Crippen LogP contribution is -2.17. The number of hydrogen-bond donors (Lipinski definition) is 1. The summed E-state index contributed by atoms with van der Waals surface area (Å²) >= 11 is 1.54. The minimum Gasteiger partial charge on any atom is -0.462 e. The molecular weight excluding hydrogens is 324 g/mol. The third kappa shape index (κ3) is 3.30. The van der Waals surface area contributed by atoms with Crippen molar-refractivity contribution in [2.75, 3.05) is 24.3 Å². The molecule has 0 unspecified atom stereocenters. The molecule has 3 heterocycles. The van der Waals surface area contributed by atoms with Gasteiger partial charge in [0.15, 0.2) is 11.6 Å². The van der Waals surface area contributed by atoms with Gasteiger partial charge in [0.05, 0.1) is 16.3 Å². The molecule has 0 saturated heterocycles. The number of furan rings is 1. The van der Waals surface area contributed by atoms with Crippen molar-refractivity contribution in [3.05, 3.63) is 46.1 Å². The lowest BCUT2D eigenvalue weighted by molar-refractivity contribution is 0.102. The molecule has 0 aromatic carbocycles. The predicted molar refractivity (Wildman–Crippen MR) is 95.8 cm³/mol. The number of aryl methyl sites for hydroxylation is 2. The Morgan fingerprint density at radius 3 is 2.71 bits per heavy atom. The third-order valence-corrected chi connectivity index (χ3v) is 4.19. The van der Waals surface area contributed by atoms with E-state index in [1.807, 2.05) is 50.4 Å². The maximum Gasteiger partial charge on any atom is 0.259 e. The number of hydrogen-bond acceptors (Lipinski definition) is 6. The van der Waals surface area contributed by atoms with E-state index in [2.05, 4.69) is 15.3 Å². The molecule has 0 radical (unpaired) electrons. The van der Waals surface area contributed by atoms with Crippen molar-refractivity contribution < 1.29 is 9.21 Å². The van der Waals surface area contributed by atoms with Crippen molar-refractivity contribution in [3.8, 4) is 11.5 Å². The Morgan fingerprint density at radius 1 is 1.25 bits per heavy atom. The standard InChI is InChI=1S/C17H18N4O2S/c1-10-5-6-13(16(18-10)21(3)4)20-17(22)12-7-15(23-8-12)14-9-24-11(2)19-14/h5-9H,1-4H3,(H,20,22). The Labute approximate surface area is 144 Å². The van der Waals surface area contributed by atoms with E-state index in [1.165, 1.54) is 6.26 Å². The van der Waals surface area contributed by atoms with Gasteiger partial charge in [-0.1, -0.05) is 0 Å². The van der Waals surface area contributed by atoms with E-state index in [4.69, 9.17) is 4.42 Å². The molecule has 0 aliphatic heterocycles. The summed E-state index contributed by atoms with van der Waals surface area (Å²) in [5.74, 6) is 1.05. The monoisotopic (exact) mass is 342 g/mol. The van der Waals surface area contributed by atoms with Crippen LogP contribution in [0.5, 0.6) is 0 Å². The summed E-state index contributed by atoms with van der Waals surface area (Å²) in [6, 6.07) is 5.41. The fourth-order valence-corrected chi connectivity index (χ4v) is 2.84. The van der Waals surface area contributed by atoms with E-state index < -0.39 is 0 Å². The second-order valence-electron chi connectivity index (χ2n) is 5.62. The van der Waals surface area contributed by atoms with Gasteiger partial charge < -0.3 is 14.6 Å². The van der Waals surface area contributed by atoms with Gasteiger partial charge in [-0.2, -0.15) is 0 Å². The van der Waals surface area contributed by atoms with E-state index in [-0.39, 0.29) is 5.91 Å². The van der Waals surface area contributed by atoms with Crippen LogP contribution in [0.4, 0.5) is 11.5 Å². The Balaban J connectivity index is 1.82. The molecule has 0 fully saturated rings. The molecule has 3 rings (SSSR count). The molecular formula is C17H18N4O2S. The Bertz CT molecular complexity index is 882. The van der Waals surface area contributed by atoms with Crippen LogP contribution in [0.3, 0.4) is 0 Å². The summed E-state index contributed by atoms with van der Waals surface area (Å²) in [4.78, 5) is 23.2. The first-order valence-electron chi connectivity index (χ1n) is 7.41. The van der Waals surface area contributed by atoms with Gasteiger partial charge in [0.1, 0.15) is 12.0 Å². The molecule has 3 aromatic heterocycles. The quantitative estimate of drug-likeness (QED) is 0.782. The first kappa shape index (κ1) is 16.2. The number of nitrogens with one attached hydrogen (secondary N) is 1. The fourth-order valence-electron chi connectivity index (χ4n) is 2.24. The van der Waals surface area contributed by atoms with Crippen molar-refractivity contribution in [1.82, 2.24) is 9.97 Å². The summed E-state index contributed by atoms with van der Waals surface area (Å²) in [5, 5.41) is 5.74. The second-order valence-corrected chi connectivity index (χ2v) is 6.69. The number of amides is 1. The Kier molecular flexibility index (Phi) is 4.35. The molecule has 24 heavy (non-hydrogen) atoms. The minimum atomic E-state index is -0.245. The first-order valence-corrected chi connectivity index (χ1v) is 8.29.